The molecule has 3 amide bonds. The molecular formula is C19H25N5O5. The molecule has 1 aliphatic heterocycles. The number of ether oxygens (including phenoxy) is 1. The van der Waals surface area contributed by atoms with Crippen molar-refractivity contribution < 1.29 is 19.1 Å². The van der Waals surface area contributed by atoms with E-state index in [9.17, 15) is 19.3 Å². The minimum Gasteiger partial charge on any atom is -0.442 e. The fourth-order valence-corrected chi connectivity index (χ4v) is 3.63. The molecule has 1 aliphatic carbocycles. The highest BCUT2D eigenvalue weighted by atomic mass is 16.6. The van der Waals surface area contributed by atoms with E-state index in [4.69, 9.17) is 10.5 Å². The first-order valence-electron chi connectivity index (χ1n) is 9.38. The molecule has 1 saturated carbocycles. The summed E-state index contributed by atoms with van der Waals surface area (Å²) in [7, 11) is 1.61. The van der Waals surface area contributed by atoms with Gasteiger partial charge in [-0.25, -0.2) is 4.79 Å². The quantitative estimate of drug-likeness (QED) is 0.609. The van der Waals surface area contributed by atoms with Crippen LogP contribution in [0.25, 0.3) is 0 Å². The summed E-state index contributed by atoms with van der Waals surface area (Å²) >= 11 is 0. The third-order valence-electron chi connectivity index (χ3n) is 5.34. The lowest BCUT2D eigenvalue weighted by atomic mass is 10.1. The molecule has 29 heavy (non-hydrogen) atoms. The zero-order valence-electron chi connectivity index (χ0n) is 16.5. The van der Waals surface area contributed by atoms with Gasteiger partial charge in [0.05, 0.1) is 13.1 Å². The Bertz CT molecular complexity index is 814. The number of nitrogens with two attached hydrogens (primary N) is 1. The van der Waals surface area contributed by atoms with Gasteiger partial charge in [0.2, 0.25) is 11.8 Å². The van der Waals surface area contributed by atoms with Gasteiger partial charge in [0.25, 0.3) is 0 Å². The van der Waals surface area contributed by atoms with E-state index in [0.29, 0.717) is 18.8 Å². The number of likely N-dealkylation sites (N-methyl/N-ethyl adjacent to an activating group) is 1. The molecule has 0 unspecified atom stereocenters. The van der Waals surface area contributed by atoms with Crippen LogP contribution in [0.4, 0.5) is 10.5 Å². The van der Waals surface area contributed by atoms with E-state index in [1.807, 2.05) is 24.3 Å². The van der Waals surface area contributed by atoms with Crippen LogP contribution in [0.5, 0.6) is 0 Å². The Kier molecular flexibility index (Phi) is 5.83. The van der Waals surface area contributed by atoms with Crippen molar-refractivity contribution in [3.63, 3.8) is 0 Å². The average Bonchev–Trinajstić information content (AvgIpc) is 3.19. The molecule has 2 aliphatic rings. The van der Waals surface area contributed by atoms with Crippen LogP contribution < -0.4 is 16.0 Å². The third-order valence-corrected chi connectivity index (χ3v) is 5.34. The molecule has 3 N–H and O–H groups in total. The first-order valence-corrected chi connectivity index (χ1v) is 9.38. The van der Waals surface area contributed by atoms with Gasteiger partial charge in [-0.1, -0.05) is 17.3 Å². The minimum atomic E-state index is -0.537. The molecule has 0 spiro atoms. The van der Waals surface area contributed by atoms with E-state index >= 15 is 0 Å². The maximum absolute atomic E-state index is 12.1. The van der Waals surface area contributed by atoms with Crippen LogP contribution >= 0.6 is 0 Å². The average molecular weight is 403 g/mol. The van der Waals surface area contributed by atoms with Crippen LogP contribution in [0.2, 0.25) is 0 Å². The zero-order valence-corrected chi connectivity index (χ0v) is 16.5. The summed E-state index contributed by atoms with van der Waals surface area (Å²) in [5.74, 6) is -0.436. The molecule has 10 nitrogen and oxygen atoms in total. The number of benzene rings is 1. The first-order chi connectivity index (χ1) is 13.7. The predicted octanol–water partition coefficient (Wildman–Crippen LogP) is 0.558. The van der Waals surface area contributed by atoms with Crippen molar-refractivity contribution in [2.45, 2.75) is 30.9 Å². The molecule has 10 heteroatoms. The highest BCUT2D eigenvalue weighted by molar-refractivity contribution is 5.89. The lowest BCUT2D eigenvalue weighted by molar-refractivity contribution is -0.128. The fraction of sp³-hybridized carbons (Fsp3) is 0.526. The third kappa shape index (κ3) is 4.70. The van der Waals surface area contributed by atoms with Crippen molar-refractivity contribution in [1.29, 1.82) is 0 Å². The van der Waals surface area contributed by atoms with Crippen molar-refractivity contribution in [3.8, 4) is 0 Å². The number of hydrogen-bond acceptors (Lipinski definition) is 7. The molecule has 1 aromatic carbocycles. The highest BCUT2D eigenvalue weighted by Gasteiger charge is 2.52. The predicted molar refractivity (Wildman–Crippen MR) is 105 cm³/mol. The van der Waals surface area contributed by atoms with E-state index in [0.717, 1.165) is 12.0 Å². The molecule has 1 heterocycles. The number of nitrogens with zero attached hydrogens (tertiary/aromatic N) is 3. The number of cyclic esters (lactones) is 1. The summed E-state index contributed by atoms with van der Waals surface area (Å²) in [6.07, 6.45) is -0.111. The normalized spacial score (nSPS) is 25.3. The van der Waals surface area contributed by atoms with Crippen LogP contribution in [-0.2, 0) is 14.3 Å². The topological polar surface area (TPSA) is 134 Å². The second kappa shape index (κ2) is 8.16. The number of nitrogens with one attached hydrogen (secondary N) is 1. The van der Waals surface area contributed by atoms with Crippen LogP contribution in [0.3, 0.4) is 0 Å². The minimum absolute atomic E-state index is 0.0917. The van der Waals surface area contributed by atoms with Crippen molar-refractivity contribution in [2.24, 2.45) is 10.9 Å². The molecular weight excluding hydrogens is 378 g/mol. The van der Waals surface area contributed by atoms with Gasteiger partial charge in [-0.3, -0.25) is 14.5 Å². The van der Waals surface area contributed by atoms with Gasteiger partial charge in [-0.2, -0.15) is 4.91 Å². The summed E-state index contributed by atoms with van der Waals surface area (Å²) in [4.78, 5) is 48.1. The van der Waals surface area contributed by atoms with Crippen LogP contribution in [-0.4, -0.2) is 67.7 Å². The number of nitroso groups, excluding NO2 is 1. The first kappa shape index (κ1) is 20.7. The van der Waals surface area contributed by atoms with Gasteiger partial charge in [0.15, 0.2) is 6.54 Å². The Morgan fingerprint density at radius 3 is 2.69 bits per heavy atom. The van der Waals surface area contributed by atoms with Crippen LogP contribution in [0, 0.1) is 4.91 Å². The Labute approximate surface area is 168 Å². The molecule has 1 aromatic rings. The van der Waals surface area contributed by atoms with E-state index in [-0.39, 0.29) is 36.9 Å². The van der Waals surface area contributed by atoms with E-state index in [1.165, 1.54) is 16.7 Å². The largest absolute Gasteiger partial charge is 0.442 e. The van der Waals surface area contributed by atoms with Crippen molar-refractivity contribution in [1.82, 2.24) is 10.2 Å². The molecule has 2 fully saturated rings. The van der Waals surface area contributed by atoms with E-state index < -0.39 is 11.6 Å². The Balaban J connectivity index is 1.58. The number of amides is 3. The Hall–Kier alpha value is -3.01. The fourth-order valence-electron chi connectivity index (χ4n) is 3.63. The second-order valence-electron chi connectivity index (χ2n) is 7.67. The molecule has 0 aromatic heterocycles. The van der Waals surface area contributed by atoms with Crippen molar-refractivity contribution in [3.05, 3.63) is 34.7 Å². The zero-order chi connectivity index (χ0) is 21.2. The number of hydrogen-bond donors (Lipinski definition) is 2. The van der Waals surface area contributed by atoms with Crippen LogP contribution in [0.15, 0.2) is 29.4 Å². The standard InChI is InChI=1S/C19H25N5O5/c1-12(25)21-8-15-10-24(18(27)29-15)14-5-3-13(4-6-14)16-7-19(16,20)11-23(2)17(26)9-22-28/h3-6,15-16H,7-11,20H2,1-2H3,(H,21,25)/t15-,16+,19-/m0/s1. The number of carbonyl (C=O) groups excluding carboxylic acids is 3. The molecule has 0 radical (unpaired) electrons. The summed E-state index contributed by atoms with van der Waals surface area (Å²) < 4.78 is 5.27. The summed E-state index contributed by atoms with van der Waals surface area (Å²) in [5.41, 5.74) is 7.58. The number of anilines is 1. The monoisotopic (exact) mass is 403 g/mol. The highest BCUT2D eigenvalue weighted by Crippen LogP contribution is 2.50. The van der Waals surface area contributed by atoms with Crippen molar-refractivity contribution >= 4 is 23.6 Å². The molecule has 0 bridgehead atoms. The second-order valence-corrected chi connectivity index (χ2v) is 7.67. The van der Waals surface area contributed by atoms with E-state index in [1.54, 1.807) is 7.05 Å². The molecule has 3 atom stereocenters. The van der Waals surface area contributed by atoms with Gasteiger partial charge in [-0.05, 0) is 24.1 Å². The SMILES string of the molecule is CC(=O)NC[C@H]1CN(c2ccc([C@H]3C[C@]3(N)CN(C)C(=O)CN=O)cc2)C(=O)O1. The van der Waals surface area contributed by atoms with Gasteiger partial charge in [0.1, 0.15) is 6.10 Å². The maximum atomic E-state index is 12.1. The lowest BCUT2D eigenvalue weighted by Gasteiger charge is -2.21. The number of carbonyl (C=O) groups is 3. The van der Waals surface area contributed by atoms with Gasteiger partial charge in [-0.15, -0.1) is 0 Å². The lowest BCUT2D eigenvalue weighted by Crippen LogP contribution is -2.42. The maximum Gasteiger partial charge on any atom is 0.414 e. The molecule has 1 saturated heterocycles. The smallest absolute Gasteiger partial charge is 0.414 e. The van der Waals surface area contributed by atoms with Crippen LogP contribution in [0.1, 0.15) is 24.8 Å². The number of rotatable bonds is 8. The summed E-state index contributed by atoms with van der Waals surface area (Å²) in [6.45, 7) is 2.01. The summed E-state index contributed by atoms with van der Waals surface area (Å²) in [5, 5.41) is 5.26. The van der Waals surface area contributed by atoms with E-state index in [2.05, 4.69) is 10.5 Å². The summed E-state index contributed by atoms with van der Waals surface area (Å²) in [6, 6.07) is 7.50. The van der Waals surface area contributed by atoms with Gasteiger partial charge in [0, 0.05) is 37.7 Å². The van der Waals surface area contributed by atoms with Crippen molar-refractivity contribution in [2.75, 3.05) is 38.1 Å². The van der Waals surface area contributed by atoms with Gasteiger partial charge < -0.3 is 20.7 Å². The molecule has 156 valence electrons. The van der Waals surface area contributed by atoms with Gasteiger partial charge >= 0.3 is 6.09 Å². The Morgan fingerprint density at radius 1 is 1.38 bits per heavy atom. The molecule has 3 rings (SSSR count). The Morgan fingerprint density at radius 2 is 2.07 bits per heavy atom.